The van der Waals surface area contributed by atoms with E-state index < -0.39 is 0 Å². The molecule has 0 saturated heterocycles. The van der Waals surface area contributed by atoms with Gasteiger partial charge in [0, 0.05) is 0 Å². The van der Waals surface area contributed by atoms with Crippen molar-refractivity contribution < 1.29 is 0 Å². The average Bonchev–Trinajstić information content (AvgIpc) is 3.84. The number of rotatable bonds is 2. The van der Waals surface area contributed by atoms with Gasteiger partial charge in [-0.15, -0.1) is 0 Å². The maximum absolute atomic E-state index is 2.45. The molecule has 0 radical (unpaired) electrons. The van der Waals surface area contributed by atoms with Crippen molar-refractivity contribution >= 4 is 129 Å². The third-order valence-corrected chi connectivity index (χ3v) is 15.9. The molecule has 15 aromatic rings. The van der Waals surface area contributed by atoms with E-state index in [9.17, 15) is 0 Å². The molecule has 66 heavy (non-hydrogen) atoms. The predicted molar refractivity (Wildman–Crippen MR) is 289 cm³/mol. The summed E-state index contributed by atoms with van der Waals surface area (Å²) in [7, 11) is 0. The van der Waals surface area contributed by atoms with E-state index in [1.54, 1.807) is 0 Å². The number of fused-ring (bicyclic) bond motifs is 18. The first kappa shape index (κ1) is 36.5. The molecule has 0 aliphatic rings. The summed E-state index contributed by atoms with van der Waals surface area (Å²) in [5.41, 5.74) is 13.4. The number of hydrogen-bond acceptors (Lipinski definition) is 0. The second-order valence-electron chi connectivity index (χ2n) is 19.7. The van der Waals surface area contributed by atoms with Gasteiger partial charge < -0.3 is 0 Å². The fraction of sp³-hybridized carbons (Fsp3) is 0.0909. The van der Waals surface area contributed by atoms with Crippen LogP contribution in [0, 0.1) is 41.5 Å². The Morgan fingerprint density at radius 2 is 0.424 bits per heavy atom. The first-order valence-corrected chi connectivity index (χ1v) is 23.6. The molecule has 0 atom stereocenters. The van der Waals surface area contributed by atoms with Crippen molar-refractivity contribution in [2.75, 3.05) is 0 Å². The van der Waals surface area contributed by atoms with Gasteiger partial charge in [0.1, 0.15) is 0 Å². The van der Waals surface area contributed by atoms with Crippen molar-refractivity contribution in [3.63, 3.8) is 0 Å². The number of hydrogen-bond donors (Lipinski definition) is 0. The van der Waals surface area contributed by atoms with E-state index in [4.69, 9.17) is 0 Å². The van der Waals surface area contributed by atoms with Crippen LogP contribution in [-0.4, -0.2) is 0 Å². The Hall–Kier alpha value is -7.80. The van der Waals surface area contributed by atoms with Crippen molar-refractivity contribution in [3.05, 3.63) is 191 Å². The summed E-state index contributed by atoms with van der Waals surface area (Å²) in [6, 6.07) is 61.0. The largest absolute Gasteiger partial charge is 0.0616 e. The summed E-state index contributed by atoms with van der Waals surface area (Å²) in [4.78, 5) is 0. The highest BCUT2D eigenvalue weighted by molar-refractivity contribution is 6.59. The van der Waals surface area contributed by atoms with Crippen LogP contribution in [0.15, 0.2) is 158 Å². The topological polar surface area (TPSA) is 0 Å². The van der Waals surface area contributed by atoms with Crippen LogP contribution in [-0.2, 0) is 0 Å². The lowest BCUT2D eigenvalue weighted by Gasteiger charge is -2.21. The summed E-state index contributed by atoms with van der Waals surface area (Å²) in [5.74, 6) is 0. The molecule has 0 aliphatic heterocycles. The van der Waals surface area contributed by atoms with Gasteiger partial charge in [0.15, 0.2) is 0 Å². The van der Waals surface area contributed by atoms with Crippen LogP contribution >= 0.6 is 0 Å². The lowest BCUT2D eigenvalue weighted by atomic mass is 9.81. The molecule has 0 nitrogen and oxygen atoms in total. The van der Waals surface area contributed by atoms with Gasteiger partial charge >= 0.3 is 0 Å². The summed E-state index contributed by atoms with van der Waals surface area (Å²) >= 11 is 0. The van der Waals surface area contributed by atoms with Crippen LogP contribution in [0.5, 0.6) is 0 Å². The van der Waals surface area contributed by atoms with Crippen molar-refractivity contribution in [1.29, 1.82) is 0 Å². The Bertz CT molecular complexity index is 4330. The minimum absolute atomic E-state index is 1.30. The van der Waals surface area contributed by atoms with Crippen LogP contribution < -0.4 is 0 Å². The zero-order chi connectivity index (χ0) is 44.0. The van der Waals surface area contributed by atoms with E-state index in [-0.39, 0.29) is 0 Å². The summed E-state index contributed by atoms with van der Waals surface area (Å²) in [6.45, 7) is 13.9. The minimum atomic E-state index is 1.30. The molecule has 0 amide bonds. The molecule has 0 aromatic heterocycles. The average molecular weight is 837 g/mol. The zero-order valence-corrected chi connectivity index (χ0v) is 38.0. The summed E-state index contributed by atoms with van der Waals surface area (Å²) in [5, 5.41) is 32.4. The summed E-state index contributed by atoms with van der Waals surface area (Å²) in [6.07, 6.45) is 0. The van der Waals surface area contributed by atoms with E-state index >= 15 is 0 Å². The Kier molecular flexibility index (Phi) is 6.92. The van der Waals surface area contributed by atoms with Crippen molar-refractivity contribution in [2.45, 2.75) is 41.5 Å². The van der Waals surface area contributed by atoms with Crippen LogP contribution in [0.1, 0.15) is 33.4 Å². The van der Waals surface area contributed by atoms with Crippen LogP contribution in [0.3, 0.4) is 0 Å². The highest BCUT2D eigenvalue weighted by Gasteiger charge is 2.33. The third kappa shape index (κ3) is 4.27. The van der Waals surface area contributed by atoms with E-state index in [1.165, 1.54) is 185 Å². The van der Waals surface area contributed by atoms with Crippen molar-refractivity contribution in [3.8, 4) is 22.3 Å². The molecule has 0 aliphatic carbocycles. The van der Waals surface area contributed by atoms with Crippen LogP contribution in [0.25, 0.3) is 152 Å². The Morgan fingerprint density at radius 1 is 0.182 bits per heavy atom. The standard InChI is InChI=1S/C66H44/c1-33-29-35(3)51(36(4)30-33)59-49-27-15-25-47-53-43-21-11-7-18-40(43)42-20-10-14-24-46(42)58(53)64-61(55(47)49)65(59)63-57-45-23-13-9-19-41(45)39-17-8-12-22-44(39)54(57)48-26-16-28-50-56(48)62(63)66(64)60(50)52-37(5)31-34(2)32-38(52)6/h7-32H,1-6H3. The molecule has 0 unspecified atom stereocenters. The molecule has 15 rings (SSSR count). The molecule has 0 N–H and O–H groups in total. The van der Waals surface area contributed by atoms with E-state index in [0.29, 0.717) is 0 Å². The lowest BCUT2D eigenvalue weighted by Crippen LogP contribution is -1.93. The van der Waals surface area contributed by atoms with Gasteiger partial charge in [-0.05, 0) is 215 Å². The van der Waals surface area contributed by atoms with Crippen molar-refractivity contribution in [2.24, 2.45) is 0 Å². The molecular weight excluding hydrogens is 793 g/mol. The van der Waals surface area contributed by atoms with Gasteiger partial charge in [-0.3, -0.25) is 0 Å². The first-order chi connectivity index (χ1) is 32.3. The van der Waals surface area contributed by atoms with Gasteiger partial charge in [0.25, 0.3) is 0 Å². The second kappa shape index (κ2) is 12.5. The fourth-order valence-corrected chi connectivity index (χ4v) is 14.0. The van der Waals surface area contributed by atoms with Gasteiger partial charge in [-0.1, -0.05) is 169 Å². The summed E-state index contributed by atoms with van der Waals surface area (Å²) < 4.78 is 0. The molecule has 0 fully saturated rings. The number of aryl methyl sites for hydroxylation is 6. The van der Waals surface area contributed by atoms with Gasteiger partial charge in [-0.25, -0.2) is 0 Å². The molecule has 0 heteroatoms. The molecule has 15 aromatic carbocycles. The Morgan fingerprint density at radius 3 is 0.758 bits per heavy atom. The normalized spacial score (nSPS) is 12.7. The highest BCUT2D eigenvalue weighted by Crippen LogP contribution is 2.62. The second-order valence-corrected chi connectivity index (χ2v) is 19.7. The highest BCUT2D eigenvalue weighted by atomic mass is 14.4. The molecular formula is C66H44. The maximum Gasteiger partial charge on any atom is -0.0000253 e. The number of benzene rings is 13. The van der Waals surface area contributed by atoms with E-state index in [1.807, 2.05) is 0 Å². The monoisotopic (exact) mass is 836 g/mol. The Labute approximate surface area is 382 Å². The maximum atomic E-state index is 2.45. The van der Waals surface area contributed by atoms with Gasteiger partial charge in [0.2, 0.25) is 0 Å². The minimum Gasteiger partial charge on any atom is -0.0616 e. The van der Waals surface area contributed by atoms with Crippen LogP contribution in [0.2, 0.25) is 0 Å². The van der Waals surface area contributed by atoms with Crippen LogP contribution in [0.4, 0.5) is 0 Å². The molecule has 0 heterocycles. The SMILES string of the molecule is Cc1cc(C)c(-c2c3cccc4c3c3c2c2c5c6ccccc6c6ccccc6c5c5cccc6c(-c7c(C)cc(C)cc7C)c(c2c65)c3c2c3ccccc3c3ccccc3c42)c(C)c1. The smallest absolute Gasteiger partial charge is 0.0000253 e. The fourth-order valence-electron chi connectivity index (χ4n) is 14.0. The third-order valence-electron chi connectivity index (χ3n) is 15.9. The lowest BCUT2D eigenvalue weighted by molar-refractivity contribution is 1.33. The van der Waals surface area contributed by atoms with Crippen molar-refractivity contribution in [1.82, 2.24) is 0 Å². The first-order valence-electron chi connectivity index (χ1n) is 23.6. The van der Waals surface area contributed by atoms with E-state index in [0.717, 1.165) is 0 Å². The Balaban J connectivity index is 1.42. The molecule has 0 spiro atoms. The van der Waals surface area contributed by atoms with Gasteiger partial charge in [-0.2, -0.15) is 0 Å². The quantitative estimate of drug-likeness (QED) is 0.120. The van der Waals surface area contributed by atoms with E-state index in [2.05, 4.69) is 199 Å². The molecule has 0 saturated carbocycles. The zero-order valence-electron chi connectivity index (χ0n) is 38.0. The predicted octanol–water partition coefficient (Wildman–Crippen LogP) is 19.0. The molecule has 0 bridgehead atoms. The molecule has 308 valence electrons. The van der Waals surface area contributed by atoms with Gasteiger partial charge in [0.05, 0.1) is 0 Å².